The van der Waals surface area contributed by atoms with Gasteiger partial charge in [0.25, 0.3) is 5.91 Å². The Kier molecular flexibility index (Phi) is 4.68. The molecule has 0 unspecified atom stereocenters. The highest BCUT2D eigenvalue weighted by Crippen LogP contribution is 2.14. The average Bonchev–Trinajstić information content (AvgIpc) is 2.87. The van der Waals surface area contributed by atoms with Crippen molar-refractivity contribution in [3.05, 3.63) is 65.5 Å². The van der Waals surface area contributed by atoms with Crippen molar-refractivity contribution >= 4 is 17.8 Å². The largest absolute Gasteiger partial charge is 0.350 e. The number of hydroxylamine groups is 1. The summed E-state index contributed by atoms with van der Waals surface area (Å²) in [4.78, 5) is 28.1. The van der Waals surface area contributed by atoms with Gasteiger partial charge in [-0.15, -0.1) is 0 Å². The van der Waals surface area contributed by atoms with E-state index in [1.165, 1.54) is 13.2 Å². The lowest BCUT2D eigenvalue weighted by Crippen LogP contribution is -2.18. The molecule has 108 valence electrons. The van der Waals surface area contributed by atoms with E-state index < -0.39 is 0 Å². The predicted molar refractivity (Wildman–Crippen MR) is 79.5 cm³/mol. The van der Waals surface area contributed by atoms with Gasteiger partial charge in [-0.3, -0.25) is 14.4 Å². The quantitative estimate of drug-likeness (QED) is 0.518. The number of amides is 1. The minimum Gasteiger partial charge on any atom is -0.350 e. The maximum Gasteiger partial charge on any atom is 0.267 e. The zero-order chi connectivity index (χ0) is 15.2. The fourth-order valence-electron chi connectivity index (χ4n) is 1.92. The number of ketones is 1. The first-order valence-corrected chi connectivity index (χ1v) is 6.39. The maximum atomic E-state index is 12.3. The first-order valence-electron chi connectivity index (χ1n) is 6.39. The SMILES string of the molecule is CONC(=O)/C=C/c1cc(C(=O)c2ccccc2)cn1C. The van der Waals surface area contributed by atoms with Crippen molar-refractivity contribution in [1.82, 2.24) is 10.0 Å². The Morgan fingerprint density at radius 2 is 1.90 bits per heavy atom. The van der Waals surface area contributed by atoms with Crippen molar-refractivity contribution in [2.45, 2.75) is 0 Å². The first-order chi connectivity index (χ1) is 10.1. The van der Waals surface area contributed by atoms with Gasteiger partial charge in [-0.1, -0.05) is 30.3 Å². The van der Waals surface area contributed by atoms with E-state index in [1.54, 1.807) is 35.0 Å². The van der Waals surface area contributed by atoms with Crippen molar-refractivity contribution in [3.63, 3.8) is 0 Å². The van der Waals surface area contributed by atoms with Gasteiger partial charge in [0.2, 0.25) is 0 Å². The van der Waals surface area contributed by atoms with Crippen LogP contribution < -0.4 is 5.48 Å². The summed E-state index contributed by atoms with van der Waals surface area (Å²) in [6.45, 7) is 0. The molecule has 1 aromatic heterocycles. The molecule has 0 aliphatic rings. The molecular weight excluding hydrogens is 268 g/mol. The van der Waals surface area contributed by atoms with Gasteiger partial charge in [0, 0.05) is 36.1 Å². The number of nitrogens with zero attached hydrogens (tertiary/aromatic N) is 1. The minimum atomic E-state index is -0.366. The van der Waals surface area contributed by atoms with E-state index in [9.17, 15) is 9.59 Å². The standard InChI is InChI=1S/C16H16N2O3/c1-18-11-13(16(20)12-6-4-3-5-7-12)10-14(18)8-9-15(19)17-21-2/h3-11H,1-2H3,(H,17,19)/b9-8+. The van der Waals surface area contributed by atoms with E-state index in [1.807, 2.05) is 25.2 Å². The van der Waals surface area contributed by atoms with Crippen LogP contribution in [0.25, 0.3) is 6.08 Å². The molecule has 0 aliphatic carbocycles. The summed E-state index contributed by atoms with van der Waals surface area (Å²) in [5.41, 5.74) is 4.15. The fourth-order valence-corrected chi connectivity index (χ4v) is 1.92. The minimum absolute atomic E-state index is 0.0489. The summed E-state index contributed by atoms with van der Waals surface area (Å²) < 4.78 is 1.78. The molecule has 0 bridgehead atoms. The van der Waals surface area contributed by atoms with Crippen molar-refractivity contribution in [1.29, 1.82) is 0 Å². The predicted octanol–water partition coefficient (Wildman–Crippen LogP) is 1.95. The van der Waals surface area contributed by atoms with E-state index in [4.69, 9.17) is 0 Å². The van der Waals surface area contributed by atoms with Crippen LogP contribution in [-0.2, 0) is 16.7 Å². The highest BCUT2D eigenvalue weighted by molar-refractivity contribution is 6.09. The summed E-state index contributed by atoms with van der Waals surface area (Å²) in [5, 5.41) is 0. The summed E-state index contributed by atoms with van der Waals surface area (Å²) in [6.07, 6.45) is 4.70. The summed E-state index contributed by atoms with van der Waals surface area (Å²) in [7, 11) is 3.18. The lowest BCUT2D eigenvalue weighted by molar-refractivity contribution is -0.126. The molecule has 0 fully saturated rings. The van der Waals surface area contributed by atoms with Gasteiger partial charge in [0.1, 0.15) is 0 Å². The number of aryl methyl sites for hydroxylation is 1. The number of carbonyl (C=O) groups is 2. The molecule has 0 spiro atoms. The summed E-state index contributed by atoms with van der Waals surface area (Å²) >= 11 is 0. The van der Waals surface area contributed by atoms with Crippen molar-refractivity contribution < 1.29 is 14.4 Å². The maximum absolute atomic E-state index is 12.3. The third-order valence-corrected chi connectivity index (χ3v) is 2.95. The Labute approximate surface area is 122 Å². The number of carbonyl (C=O) groups excluding carboxylic acids is 2. The van der Waals surface area contributed by atoms with E-state index in [0.29, 0.717) is 11.1 Å². The zero-order valence-corrected chi connectivity index (χ0v) is 11.9. The van der Waals surface area contributed by atoms with E-state index >= 15 is 0 Å². The number of rotatable bonds is 5. The molecule has 1 heterocycles. The van der Waals surface area contributed by atoms with Gasteiger partial charge in [-0.25, -0.2) is 5.48 Å². The van der Waals surface area contributed by atoms with Crippen LogP contribution in [0.1, 0.15) is 21.6 Å². The molecule has 0 radical (unpaired) electrons. The Bertz CT molecular complexity index is 672. The second kappa shape index (κ2) is 6.67. The second-order valence-electron chi connectivity index (χ2n) is 4.46. The van der Waals surface area contributed by atoms with E-state index in [2.05, 4.69) is 10.3 Å². The molecule has 1 aromatic carbocycles. The van der Waals surface area contributed by atoms with Crippen LogP contribution in [0.4, 0.5) is 0 Å². The smallest absolute Gasteiger partial charge is 0.267 e. The molecule has 0 saturated carbocycles. The monoisotopic (exact) mass is 284 g/mol. The number of hydrogen-bond donors (Lipinski definition) is 1. The lowest BCUT2D eigenvalue weighted by atomic mass is 10.1. The Morgan fingerprint density at radius 3 is 2.57 bits per heavy atom. The van der Waals surface area contributed by atoms with Gasteiger partial charge >= 0.3 is 0 Å². The molecule has 1 amide bonds. The average molecular weight is 284 g/mol. The second-order valence-corrected chi connectivity index (χ2v) is 4.46. The number of benzene rings is 1. The number of nitrogens with one attached hydrogen (secondary N) is 1. The molecule has 0 aliphatic heterocycles. The van der Waals surface area contributed by atoms with Crippen LogP contribution in [0.2, 0.25) is 0 Å². The van der Waals surface area contributed by atoms with Crippen molar-refractivity contribution in [2.75, 3.05) is 7.11 Å². The van der Waals surface area contributed by atoms with Crippen LogP contribution in [0.15, 0.2) is 48.7 Å². The number of aromatic nitrogens is 1. The van der Waals surface area contributed by atoms with Crippen LogP contribution in [-0.4, -0.2) is 23.4 Å². The molecule has 5 nitrogen and oxygen atoms in total. The highest BCUT2D eigenvalue weighted by Gasteiger charge is 2.11. The first kappa shape index (κ1) is 14.7. The van der Waals surface area contributed by atoms with Gasteiger partial charge in [-0.2, -0.15) is 0 Å². The third kappa shape index (κ3) is 3.67. The summed E-state index contributed by atoms with van der Waals surface area (Å²) in [5.74, 6) is -0.415. The van der Waals surface area contributed by atoms with Crippen LogP contribution >= 0.6 is 0 Å². The molecule has 2 rings (SSSR count). The van der Waals surface area contributed by atoms with Crippen LogP contribution in [0.5, 0.6) is 0 Å². The molecule has 1 N–H and O–H groups in total. The van der Waals surface area contributed by atoms with Crippen LogP contribution in [0.3, 0.4) is 0 Å². The Balaban J connectivity index is 2.20. The zero-order valence-electron chi connectivity index (χ0n) is 11.9. The third-order valence-electron chi connectivity index (χ3n) is 2.95. The topological polar surface area (TPSA) is 60.3 Å². The molecular formula is C16H16N2O3. The van der Waals surface area contributed by atoms with Crippen molar-refractivity contribution in [2.24, 2.45) is 7.05 Å². The molecule has 2 aromatic rings. The van der Waals surface area contributed by atoms with E-state index in [0.717, 1.165) is 5.69 Å². The Hall–Kier alpha value is -2.66. The van der Waals surface area contributed by atoms with Crippen molar-refractivity contribution in [3.8, 4) is 0 Å². The lowest BCUT2D eigenvalue weighted by Gasteiger charge is -1.96. The van der Waals surface area contributed by atoms with Gasteiger partial charge in [0.05, 0.1) is 7.11 Å². The van der Waals surface area contributed by atoms with E-state index in [-0.39, 0.29) is 11.7 Å². The molecule has 0 atom stereocenters. The molecule has 21 heavy (non-hydrogen) atoms. The normalized spacial score (nSPS) is 10.8. The highest BCUT2D eigenvalue weighted by atomic mass is 16.6. The summed E-state index contributed by atoms with van der Waals surface area (Å²) in [6, 6.07) is 10.8. The van der Waals surface area contributed by atoms with Gasteiger partial charge < -0.3 is 4.57 Å². The van der Waals surface area contributed by atoms with Crippen LogP contribution in [0, 0.1) is 0 Å². The van der Waals surface area contributed by atoms with Gasteiger partial charge in [-0.05, 0) is 12.1 Å². The fraction of sp³-hybridized carbons (Fsp3) is 0.125. The molecule has 0 saturated heterocycles. The van der Waals surface area contributed by atoms with Gasteiger partial charge in [0.15, 0.2) is 5.78 Å². The molecule has 5 heteroatoms. The Morgan fingerprint density at radius 1 is 1.19 bits per heavy atom. The number of hydrogen-bond acceptors (Lipinski definition) is 3.